The second-order valence-electron chi connectivity index (χ2n) is 5.68. The molecule has 1 aliphatic rings. The van der Waals surface area contributed by atoms with Crippen LogP contribution in [0.3, 0.4) is 0 Å². The third-order valence-electron chi connectivity index (χ3n) is 3.96. The zero-order chi connectivity index (χ0) is 13.1. The molecule has 2 nitrogen and oxygen atoms in total. The fourth-order valence-corrected chi connectivity index (χ4v) is 2.66. The van der Waals surface area contributed by atoms with E-state index in [1.165, 1.54) is 77.4 Å². The first kappa shape index (κ1) is 16.0. The van der Waals surface area contributed by atoms with Crippen LogP contribution in [0.4, 0.5) is 0 Å². The van der Waals surface area contributed by atoms with Crippen molar-refractivity contribution in [3.63, 3.8) is 0 Å². The molecule has 0 aromatic carbocycles. The highest BCUT2D eigenvalue weighted by atomic mass is 16.5. The molecule has 1 aliphatic heterocycles. The van der Waals surface area contributed by atoms with Gasteiger partial charge in [0.1, 0.15) is 0 Å². The molecule has 0 N–H and O–H groups in total. The van der Waals surface area contributed by atoms with E-state index in [-0.39, 0.29) is 0 Å². The molecule has 0 bridgehead atoms. The van der Waals surface area contributed by atoms with Gasteiger partial charge < -0.3 is 9.64 Å². The van der Waals surface area contributed by atoms with Gasteiger partial charge in [0.2, 0.25) is 0 Å². The Kier molecular flexibility index (Phi) is 9.59. The third-order valence-corrected chi connectivity index (χ3v) is 3.96. The summed E-state index contributed by atoms with van der Waals surface area (Å²) in [5, 5.41) is 0. The molecule has 0 aromatic heterocycles. The standard InChI is InChI=1S/C16H33NO/c1-3-5-7-8-12-17-13-10-16(11-14-17)18-15-9-6-4-2/h16H,3-15H2,1-2H3. The minimum atomic E-state index is 0.550. The van der Waals surface area contributed by atoms with Gasteiger partial charge in [-0.1, -0.05) is 46.0 Å². The summed E-state index contributed by atoms with van der Waals surface area (Å²) in [7, 11) is 0. The Hall–Kier alpha value is -0.0800. The fourth-order valence-electron chi connectivity index (χ4n) is 2.66. The van der Waals surface area contributed by atoms with Gasteiger partial charge in [0, 0.05) is 19.7 Å². The van der Waals surface area contributed by atoms with Crippen molar-refractivity contribution in [3.05, 3.63) is 0 Å². The van der Waals surface area contributed by atoms with E-state index in [4.69, 9.17) is 4.74 Å². The van der Waals surface area contributed by atoms with Crippen molar-refractivity contribution in [2.24, 2.45) is 0 Å². The molecule has 18 heavy (non-hydrogen) atoms. The summed E-state index contributed by atoms with van der Waals surface area (Å²) in [6, 6.07) is 0. The van der Waals surface area contributed by atoms with E-state index in [0.717, 1.165) is 6.61 Å². The van der Waals surface area contributed by atoms with Gasteiger partial charge in [0.05, 0.1) is 6.10 Å². The lowest BCUT2D eigenvalue weighted by Crippen LogP contribution is -2.37. The van der Waals surface area contributed by atoms with Crippen LogP contribution in [0.1, 0.15) is 71.6 Å². The van der Waals surface area contributed by atoms with Crippen molar-refractivity contribution in [3.8, 4) is 0 Å². The van der Waals surface area contributed by atoms with Gasteiger partial charge in [-0.15, -0.1) is 0 Å². The van der Waals surface area contributed by atoms with Crippen molar-refractivity contribution < 1.29 is 4.74 Å². The van der Waals surface area contributed by atoms with Gasteiger partial charge in [-0.25, -0.2) is 0 Å². The summed E-state index contributed by atoms with van der Waals surface area (Å²) in [4.78, 5) is 2.63. The number of unbranched alkanes of at least 4 members (excludes halogenated alkanes) is 5. The molecule has 0 atom stereocenters. The lowest BCUT2D eigenvalue weighted by molar-refractivity contribution is 0.00574. The highest BCUT2D eigenvalue weighted by molar-refractivity contribution is 4.72. The van der Waals surface area contributed by atoms with Crippen LogP contribution in [0, 0.1) is 0 Å². The van der Waals surface area contributed by atoms with Crippen molar-refractivity contribution >= 4 is 0 Å². The SMILES string of the molecule is CCCCCCN1CCC(OCCCCC)CC1. The Bertz CT molecular complexity index is 156. The zero-order valence-corrected chi connectivity index (χ0v) is 12.6. The van der Waals surface area contributed by atoms with Crippen molar-refractivity contribution in [1.29, 1.82) is 0 Å². The predicted octanol–water partition coefficient (Wildman–Crippen LogP) is 4.24. The Labute approximate surface area is 114 Å². The zero-order valence-electron chi connectivity index (χ0n) is 12.6. The highest BCUT2D eigenvalue weighted by Crippen LogP contribution is 2.15. The molecule has 0 saturated carbocycles. The number of rotatable bonds is 10. The first-order valence-corrected chi connectivity index (χ1v) is 8.20. The molecular formula is C16H33NO. The summed E-state index contributed by atoms with van der Waals surface area (Å²) in [5.41, 5.74) is 0. The van der Waals surface area contributed by atoms with E-state index in [2.05, 4.69) is 18.7 Å². The first-order chi connectivity index (χ1) is 8.86. The Morgan fingerprint density at radius 3 is 2.22 bits per heavy atom. The van der Waals surface area contributed by atoms with E-state index in [1.54, 1.807) is 0 Å². The Morgan fingerprint density at radius 2 is 1.56 bits per heavy atom. The maximum Gasteiger partial charge on any atom is 0.0599 e. The van der Waals surface area contributed by atoms with Crippen LogP contribution in [0.2, 0.25) is 0 Å². The molecule has 1 saturated heterocycles. The monoisotopic (exact) mass is 255 g/mol. The maximum atomic E-state index is 5.95. The molecule has 0 aliphatic carbocycles. The average Bonchev–Trinajstić information content (AvgIpc) is 2.41. The summed E-state index contributed by atoms with van der Waals surface area (Å²) in [6.07, 6.45) is 12.4. The van der Waals surface area contributed by atoms with Crippen LogP contribution in [0.5, 0.6) is 0 Å². The summed E-state index contributed by atoms with van der Waals surface area (Å²) < 4.78 is 5.95. The van der Waals surface area contributed by atoms with E-state index >= 15 is 0 Å². The number of nitrogens with zero attached hydrogens (tertiary/aromatic N) is 1. The molecule has 1 fully saturated rings. The van der Waals surface area contributed by atoms with Crippen LogP contribution in [-0.2, 0) is 4.74 Å². The van der Waals surface area contributed by atoms with E-state index in [0.29, 0.717) is 6.10 Å². The minimum absolute atomic E-state index is 0.550. The van der Waals surface area contributed by atoms with Crippen LogP contribution >= 0.6 is 0 Å². The van der Waals surface area contributed by atoms with Crippen molar-refractivity contribution in [2.75, 3.05) is 26.2 Å². The fraction of sp³-hybridized carbons (Fsp3) is 1.00. The number of ether oxygens (including phenoxy) is 1. The summed E-state index contributed by atoms with van der Waals surface area (Å²) in [6.45, 7) is 9.32. The van der Waals surface area contributed by atoms with Crippen LogP contribution in [-0.4, -0.2) is 37.2 Å². The lowest BCUT2D eigenvalue weighted by atomic mass is 10.1. The van der Waals surface area contributed by atoms with Gasteiger partial charge in [0.15, 0.2) is 0 Å². The molecule has 0 spiro atoms. The number of likely N-dealkylation sites (tertiary alicyclic amines) is 1. The predicted molar refractivity (Wildman–Crippen MR) is 79.1 cm³/mol. The van der Waals surface area contributed by atoms with E-state index in [1.807, 2.05) is 0 Å². The molecule has 0 unspecified atom stereocenters. The molecule has 1 heterocycles. The summed E-state index contributed by atoms with van der Waals surface area (Å²) in [5.74, 6) is 0. The van der Waals surface area contributed by atoms with Gasteiger partial charge in [-0.05, 0) is 32.2 Å². The first-order valence-electron chi connectivity index (χ1n) is 8.20. The molecule has 0 aromatic rings. The summed E-state index contributed by atoms with van der Waals surface area (Å²) >= 11 is 0. The minimum Gasteiger partial charge on any atom is -0.378 e. The molecule has 108 valence electrons. The van der Waals surface area contributed by atoms with Crippen LogP contribution < -0.4 is 0 Å². The average molecular weight is 255 g/mol. The molecule has 0 radical (unpaired) electrons. The number of hydrogen-bond donors (Lipinski definition) is 0. The van der Waals surface area contributed by atoms with Gasteiger partial charge >= 0.3 is 0 Å². The van der Waals surface area contributed by atoms with Gasteiger partial charge in [0.25, 0.3) is 0 Å². The number of hydrogen-bond acceptors (Lipinski definition) is 2. The van der Waals surface area contributed by atoms with Gasteiger partial charge in [-0.3, -0.25) is 0 Å². The normalized spacial score (nSPS) is 18.3. The molecule has 0 amide bonds. The third kappa shape index (κ3) is 7.38. The highest BCUT2D eigenvalue weighted by Gasteiger charge is 2.18. The van der Waals surface area contributed by atoms with Gasteiger partial charge in [-0.2, -0.15) is 0 Å². The molecule has 1 rings (SSSR count). The maximum absolute atomic E-state index is 5.95. The largest absolute Gasteiger partial charge is 0.378 e. The molecular weight excluding hydrogens is 222 g/mol. The smallest absolute Gasteiger partial charge is 0.0599 e. The van der Waals surface area contributed by atoms with Crippen molar-refractivity contribution in [1.82, 2.24) is 4.90 Å². The molecule has 2 heteroatoms. The number of piperidine rings is 1. The topological polar surface area (TPSA) is 12.5 Å². The Morgan fingerprint density at radius 1 is 0.889 bits per heavy atom. The second kappa shape index (κ2) is 10.8. The van der Waals surface area contributed by atoms with Crippen LogP contribution in [0.15, 0.2) is 0 Å². The van der Waals surface area contributed by atoms with Crippen molar-refractivity contribution in [2.45, 2.75) is 77.7 Å². The lowest BCUT2D eigenvalue weighted by Gasteiger charge is -2.31. The van der Waals surface area contributed by atoms with E-state index < -0.39 is 0 Å². The van der Waals surface area contributed by atoms with E-state index in [9.17, 15) is 0 Å². The second-order valence-corrected chi connectivity index (χ2v) is 5.68. The quantitative estimate of drug-likeness (QED) is 0.541. The van der Waals surface area contributed by atoms with Crippen LogP contribution in [0.25, 0.3) is 0 Å². The Balaban J connectivity index is 1.95.